The predicted molar refractivity (Wildman–Crippen MR) is 296 cm³/mol. The summed E-state index contributed by atoms with van der Waals surface area (Å²) in [5.74, 6) is -0.0148. The van der Waals surface area contributed by atoms with Gasteiger partial charge in [-0.25, -0.2) is 0 Å². The van der Waals surface area contributed by atoms with E-state index >= 15 is 0 Å². The smallest absolute Gasteiger partial charge is 0.306 e. The molecule has 0 fully saturated rings. The zero-order chi connectivity index (χ0) is 51.6. The first-order valence-electron chi connectivity index (χ1n) is 30.7. The molecule has 71 heavy (non-hydrogen) atoms. The van der Waals surface area contributed by atoms with Crippen LogP contribution < -0.4 is 0 Å². The lowest BCUT2D eigenvalue weighted by Gasteiger charge is -2.19. The second-order valence-electron chi connectivity index (χ2n) is 20.5. The Hall–Kier alpha value is -1.30. The lowest BCUT2D eigenvalue weighted by Crippen LogP contribution is -2.27. The molecule has 1 radical (unpaired) electrons. The van der Waals surface area contributed by atoms with Crippen molar-refractivity contribution in [3.63, 3.8) is 0 Å². The van der Waals surface area contributed by atoms with Gasteiger partial charge in [-0.3, -0.25) is 9.59 Å². The number of unbranched alkanes of at least 4 members (excludes halogenated alkanes) is 28. The second-order valence-corrected chi connectivity index (χ2v) is 20.5. The van der Waals surface area contributed by atoms with Crippen molar-refractivity contribution in [3.8, 4) is 0 Å². The Morgan fingerprint density at radius 1 is 0.310 bits per heavy atom. The Labute approximate surface area is 440 Å². The fourth-order valence-electron chi connectivity index (χ4n) is 9.01. The van der Waals surface area contributed by atoms with Crippen LogP contribution in [0.3, 0.4) is 0 Å². The molecule has 10 heteroatoms. The Bertz CT molecular complexity index is 1010. The van der Waals surface area contributed by atoms with Crippen LogP contribution in [0.2, 0.25) is 0 Å². The maximum atomic E-state index is 12.9. The molecular weight excluding hydrogens is 893 g/mol. The molecule has 0 heterocycles. The van der Waals surface area contributed by atoms with Crippen LogP contribution in [-0.2, 0) is 47.5 Å². The minimum Gasteiger partial charge on any atom is -0.462 e. The third-order valence-corrected chi connectivity index (χ3v) is 13.5. The molecule has 0 saturated heterocycles. The third kappa shape index (κ3) is 54.8. The summed E-state index contributed by atoms with van der Waals surface area (Å²) in [4.78, 5) is 25.7. The van der Waals surface area contributed by atoms with Gasteiger partial charge in [-0.2, -0.15) is 0 Å². The van der Waals surface area contributed by atoms with Crippen molar-refractivity contribution in [1.82, 2.24) is 0 Å². The van der Waals surface area contributed by atoms with Crippen LogP contribution in [0.5, 0.6) is 0 Å². The summed E-state index contributed by atoms with van der Waals surface area (Å²) >= 11 is 0. The highest BCUT2D eigenvalue weighted by Crippen LogP contribution is 2.20. The fourth-order valence-corrected chi connectivity index (χ4v) is 9.01. The van der Waals surface area contributed by atoms with Crippen LogP contribution in [0.15, 0.2) is 0 Å². The van der Waals surface area contributed by atoms with Crippen molar-refractivity contribution in [2.24, 2.45) is 0 Å². The highest BCUT2D eigenvalue weighted by molar-refractivity contribution is 5.69. The van der Waals surface area contributed by atoms with Crippen molar-refractivity contribution in [3.05, 3.63) is 6.92 Å². The van der Waals surface area contributed by atoms with Crippen molar-refractivity contribution < 1.29 is 47.5 Å². The summed E-state index contributed by atoms with van der Waals surface area (Å²) in [5, 5.41) is 0. The predicted octanol–water partition coefficient (Wildman–Crippen LogP) is 16.8. The van der Waals surface area contributed by atoms with E-state index in [0.29, 0.717) is 85.5 Å². The van der Waals surface area contributed by atoms with Crippen molar-refractivity contribution in [2.45, 2.75) is 303 Å². The van der Waals surface area contributed by atoms with E-state index in [0.717, 1.165) is 89.9 Å². The van der Waals surface area contributed by atoms with Gasteiger partial charge in [0.25, 0.3) is 0 Å². The Morgan fingerprint density at radius 2 is 0.606 bits per heavy atom. The molecule has 10 nitrogen and oxygen atoms in total. The first-order valence-corrected chi connectivity index (χ1v) is 30.7. The summed E-state index contributed by atoms with van der Waals surface area (Å²) in [7, 11) is 0. The molecule has 0 amide bonds. The van der Waals surface area contributed by atoms with Crippen LogP contribution in [0.4, 0.5) is 0 Å². The first kappa shape index (κ1) is 69.7. The quantitative estimate of drug-likeness (QED) is 0.0432. The SMILES string of the molecule is [CH2]COCCOCCOCCOCC(COCCCCCCCC(=O)OC(CCCCCCCC)CCCCCCCC)OCCCCCCCC(=O)OC(CCCCCCCC)CCCCCCCC. The average molecular weight is 1010 g/mol. The van der Waals surface area contributed by atoms with E-state index in [1.807, 2.05) is 0 Å². The van der Waals surface area contributed by atoms with E-state index in [2.05, 4.69) is 34.6 Å². The molecule has 1 atom stereocenters. The van der Waals surface area contributed by atoms with Gasteiger partial charge in [-0.05, 0) is 84.0 Å². The molecular formula is C61H119O10. The van der Waals surface area contributed by atoms with Gasteiger partial charge in [-0.1, -0.05) is 195 Å². The van der Waals surface area contributed by atoms with Crippen LogP contribution in [0, 0.1) is 6.92 Å². The van der Waals surface area contributed by atoms with Gasteiger partial charge in [0.1, 0.15) is 18.3 Å². The van der Waals surface area contributed by atoms with Gasteiger partial charge in [0.2, 0.25) is 0 Å². The maximum Gasteiger partial charge on any atom is 0.306 e. The van der Waals surface area contributed by atoms with Crippen molar-refractivity contribution in [1.29, 1.82) is 0 Å². The number of carbonyl (C=O) groups is 2. The summed E-state index contributed by atoms with van der Waals surface area (Å²) < 4.78 is 46.8. The number of hydrogen-bond acceptors (Lipinski definition) is 10. The number of esters is 2. The number of ether oxygens (including phenoxy) is 8. The first-order chi connectivity index (χ1) is 35.0. The molecule has 0 spiro atoms. The molecule has 0 aliphatic carbocycles. The molecule has 0 aromatic carbocycles. The summed E-state index contributed by atoms with van der Waals surface area (Å²) in [5.41, 5.74) is 0. The zero-order valence-corrected chi connectivity index (χ0v) is 47.6. The van der Waals surface area contributed by atoms with Gasteiger partial charge >= 0.3 is 11.9 Å². The van der Waals surface area contributed by atoms with Gasteiger partial charge in [0.05, 0.1) is 52.9 Å². The van der Waals surface area contributed by atoms with E-state index < -0.39 is 0 Å². The lowest BCUT2D eigenvalue weighted by molar-refractivity contribution is -0.151. The van der Waals surface area contributed by atoms with Gasteiger partial charge in [-0.15, -0.1) is 0 Å². The summed E-state index contributed by atoms with van der Waals surface area (Å²) in [6.07, 6.45) is 45.8. The molecule has 423 valence electrons. The van der Waals surface area contributed by atoms with Crippen molar-refractivity contribution >= 4 is 11.9 Å². The Kier molecular flexibility index (Phi) is 58.5. The topological polar surface area (TPSA) is 108 Å². The van der Waals surface area contributed by atoms with Crippen LogP contribution in [-0.4, -0.2) is 103 Å². The minimum absolute atomic E-state index is 0.00588. The zero-order valence-electron chi connectivity index (χ0n) is 47.6. The summed E-state index contributed by atoms with van der Waals surface area (Å²) in [6.45, 7) is 18.5. The second kappa shape index (κ2) is 59.6. The van der Waals surface area contributed by atoms with Gasteiger partial charge in [0, 0.05) is 32.7 Å². The van der Waals surface area contributed by atoms with E-state index in [4.69, 9.17) is 37.9 Å². The molecule has 0 aliphatic heterocycles. The Balaban J connectivity index is 4.58. The van der Waals surface area contributed by atoms with Crippen LogP contribution in [0.25, 0.3) is 0 Å². The largest absolute Gasteiger partial charge is 0.462 e. The number of carbonyl (C=O) groups excluding carboxylic acids is 2. The highest BCUT2D eigenvalue weighted by Gasteiger charge is 2.16. The van der Waals surface area contributed by atoms with E-state index in [-0.39, 0.29) is 30.3 Å². The molecule has 0 aromatic rings. The number of hydrogen-bond donors (Lipinski definition) is 0. The average Bonchev–Trinajstić information content (AvgIpc) is 3.37. The Morgan fingerprint density at radius 3 is 0.986 bits per heavy atom. The third-order valence-electron chi connectivity index (χ3n) is 13.5. The van der Waals surface area contributed by atoms with Crippen LogP contribution >= 0.6 is 0 Å². The molecule has 0 saturated carbocycles. The van der Waals surface area contributed by atoms with Crippen LogP contribution in [0.1, 0.15) is 285 Å². The van der Waals surface area contributed by atoms with Crippen molar-refractivity contribution in [2.75, 3.05) is 72.7 Å². The summed E-state index contributed by atoms with van der Waals surface area (Å²) in [6, 6.07) is 0. The molecule has 1 unspecified atom stereocenters. The molecule has 0 aromatic heterocycles. The van der Waals surface area contributed by atoms with E-state index in [9.17, 15) is 9.59 Å². The number of rotatable bonds is 61. The van der Waals surface area contributed by atoms with E-state index in [1.165, 1.54) is 154 Å². The fraction of sp³-hybridized carbons (Fsp3) is 0.951. The molecule has 0 N–H and O–H groups in total. The maximum absolute atomic E-state index is 12.9. The van der Waals surface area contributed by atoms with Gasteiger partial charge in [0.15, 0.2) is 0 Å². The normalized spacial score (nSPS) is 12.2. The molecule has 0 bridgehead atoms. The lowest BCUT2D eigenvalue weighted by atomic mass is 10.0. The molecule has 0 aliphatic rings. The minimum atomic E-state index is -0.140. The highest BCUT2D eigenvalue weighted by atomic mass is 16.6. The molecule has 0 rings (SSSR count). The standard InChI is InChI=1S/C61H119O10/c1-6-11-15-19-25-33-41-57(42-34-26-20-16-12-7-2)70-60(62)45-37-29-23-31-39-47-67-55-59(56-68-54-53-66-52-51-65-50-49-64-10-5)69-48-40-32-24-30-38-46-61(63)71-58(43-35-27-21-17-13-8-3)44-36-28-22-18-14-9-4/h57-59H,5-56H2,1-4H3. The van der Waals surface area contributed by atoms with Gasteiger partial charge < -0.3 is 37.9 Å². The van der Waals surface area contributed by atoms with E-state index in [1.54, 1.807) is 0 Å². The monoisotopic (exact) mass is 1010 g/mol.